The second-order valence-electron chi connectivity index (χ2n) is 4.04. The van der Waals surface area contributed by atoms with Crippen molar-refractivity contribution in [1.82, 2.24) is 0 Å². The van der Waals surface area contributed by atoms with Crippen molar-refractivity contribution in [3.05, 3.63) is 47.2 Å². The van der Waals surface area contributed by atoms with E-state index in [-0.39, 0.29) is 53.8 Å². The first-order chi connectivity index (χ1) is 6.11. The van der Waals surface area contributed by atoms with Crippen molar-refractivity contribution in [2.24, 2.45) is 0 Å². The predicted molar refractivity (Wildman–Crippen MR) is 58.4 cm³/mol. The van der Waals surface area contributed by atoms with Crippen LogP contribution in [0.5, 0.6) is 0 Å². The quantitative estimate of drug-likeness (QED) is 0.619. The van der Waals surface area contributed by atoms with E-state index in [4.69, 9.17) is 0 Å². The van der Waals surface area contributed by atoms with Gasteiger partial charge in [0.2, 0.25) is 0 Å². The first kappa shape index (κ1) is 18.3. The normalized spacial score (nSPS) is 9.13. The molecule has 0 aliphatic heterocycles. The van der Waals surface area contributed by atoms with E-state index < -0.39 is 0 Å². The molecular formula is C13H18WY-2. The van der Waals surface area contributed by atoms with E-state index in [1.54, 1.807) is 0 Å². The molecule has 0 amide bonds. The Labute approximate surface area is 134 Å². The Kier molecular flexibility index (Phi) is 10.9. The molecule has 81 valence electrons. The van der Waals surface area contributed by atoms with E-state index in [0.717, 1.165) is 6.42 Å². The molecule has 0 atom stereocenters. The molecule has 0 aromatic heterocycles. The minimum absolute atomic E-state index is 0. The average molecular weight is 447 g/mol. The molecule has 0 N–H and O–H groups in total. The van der Waals surface area contributed by atoms with Crippen LogP contribution in [0.2, 0.25) is 0 Å². The summed E-state index contributed by atoms with van der Waals surface area (Å²) in [5.41, 5.74) is 2.85. The molecule has 1 aromatic carbocycles. The molecule has 0 aliphatic rings. The van der Waals surface area contributed by atoms with Gasteiger partial charge in [-0.15, -0.1) is 12.1 Å². The third-order valence-corrected chi connectivity index (χ3v) is 2.10. The molecule has 0 nitrogen and oxygen atoms in total. The summed E-state index contributed by atoms with van der Waals surface area (Å²) in [6, 6.07) is 8.64. The van der Waals surface area contributed by atoms with Crippen molar-refractivity contribution in [2.75, 3.05) is 0 Å². The largest absolute Gasteiger partial charge is 0.327 e. The second kappa shape index (κ2) is 8.97. The fourth-order valence-corrected chi connectivity index (χ4v) is 1.54. The smallest absolute Gasteiger partial charge is 0 e. The van der Waals surface area contributed by atoms with E-state index in [0.29, 0.717) is 0 Å². The van der Waals surface area contributed by atoms with Gasteiger partial charge in [0.25, 0.3) is 0 Å². The molecule has 0 saturated carbocycles. The van der Waals surface area contributed by atoms with Gasteiger partial charge in [0.05, 0.1) is 0 Å². The number of hydrogen-bond donors (Lipinski definition) is 0. The average Bonchev–Trinajstić information content (AvgIpc) is 2.03. The maximum Gasteiger partial charge on any atom is 0 e. The third kappa shape index (κ3) is 6.25. The first-order valence-electron chi connectivity index (χ1n) is 4.78. The molecule has 15 heavy (non-hydrogen) atoms. The van der Waals surface area contributed by atoms with Crippen LogP contribution in [0, 0.1) is 11.8 Å². The molecule has 1 aromatic rings. The minimum atomic E-state index is 0. The van der Waals surface area contributed by atoms with Crippen molar-refractivity contribution in [2.45, 2.75) is 34.1 Å². The van der Waals surface area contributed by atoms with E-state index in [1.165, 1.54) is 23.0 Å². The van der Waals surface area contributed by atoms with Gasteiger partial charge in [-0.1, -0.05) is 19.9 Å². The SMILES string of the molecule is C[C-](C)Cc1ccccc1[C-](C)C.[W].[Y]. The van der Waals surface area contributed by atoms with Crippen LogP contribution in [-0.2, 0) is 60.2 Å². The molecule has 0 heterocycles. The molecule has 0 aliphatic carbocycles. The molecule has 0 fully saturated rings. The van der Waals surface area contributed by atoms with Gasteiger partial charge < -0.3 is 5.92 Å². The fourth-order valence-electron chi connectivity index (χ4n) is 1.54. The zero-order chi connectivity index (χ0) is 9.84. The Balaban J connectivity index is 0. The maximum atomic E-state index is 2.22. The zero-order valence-corrected chi connectivity index (χ0v) is 15.8. The Hall–Kier alpha value is 0.882. The molecule has 1 radical (unpaired) electrons. The first-order valence-corrected chi connectivity index (χ1v) is 4.78. The molecule has 2 heteroatoms. The van der Waals surface area contributed by atoms with Crippen molar-refractivity contribution in [3.63, 3.8) is 0 Å². The van der Waals surface area contributed by atoms with Crippen LogP contribution in [0.4, 0.5) is 0 Å². The van der Waals surface area contributed by atoms with Crippen molar-refractivity contribution in [3.8, 4) is 0 Å². The van der Waals surface area contributed by atoms with Crippen LogP contribution in [0.25, 0.3) is 0 Å². The summed E-state index contributed by atoms with van der Waals surface area (Å²) in [4.78, 5) is 0. The van der Waals surface area contributed by atoms with Gasteiger partial charge in [0.15, 0.2) is 0 Å². The molecule has 0 unspecified atom stereocenters. The van der Waals surface area contributed by atoms with Crippen LogP contribution in [0.1, 0.15) is 38.8 Å². The monoisotopic (exact) mass is 447 g/mol. The zero-order valence-electron chi connectivity index (χ0n) is 10.0. The molecule has 0 bridgehead atoms. The summed E-state index contributed by atoms with van der Waals surface area (Å²) < 4.78 is 0. The van der Waals surface area contributed by atoms with Crippen LogP contribution >= 0.6 is 0 Å². The number of rotatable bonds is 3. The van der Waals surface area contributed by atoms with Crippen LogP contribution in [0.3, 0.4) is 0 Å². The van der Waals surface area contributed by atoms with E-state index in [9.17, 15) is 0 Å². The Bertz CT molecular complexity index is 269. The summed E-state index contributed by atoms with van der Waals surface area (Å²) in [5, 5.41) is 0. The van der Waals surface area contributed by atoms with E-state index in [2.05, 4.69) is 52.0 Å². The standard InChI is InChI=1S/C13H18.W.Y/c1-10(2)9-12-7-5-6-8-13(12)11(3)4;;/h5-8H,9H2,1-4H3;;/q-2;;. The third-order valence-electron chi connectivity index (χ3n) is 2.10. The number of benzene rings is 1. The van der Waals surface area contributed by atoms with Gasteiger partial charge in [-0.3, -0.25) is 0 Å². The van der Waals surface area contributed by atoms with Gasteiger partial charge in [0.1, 0.15) is 0 Å². The van der Waals surface area contributed by atoms with E-state index in [1.807, 2.05) is 0 Å². The Morgan fingerprint density at radius 2 is 1.53 bits per heavy atom. The molecular weight excluding hydrogens is 429 g/mol. The second-order valence-corrected chi connectivity index (χ2v) is 4.04. The minimum Gasteiger partial charge on any atom is -0.327 e. The van der Waals surface area contributed by atoms with E-state index >= 15 is 0 Å². The molecule has 1 rings (SSSR count). The summed E-state index contributed by atoms with van der Waals surface area (Å²) >= 11 is 0. The summed E-state index contributed by atoms with van der Waals surface area (Å²) in [6.07, 6.45) is 1.10. The van der Waals surface area contributed by atoms with Crippen molar-refractivity contribution < 1.29 is 53.8 Å². The van der Waals surface area contributed by atoms with Gasteiger partial charge in [-0.05, 0) is 0 Å². The number of hydrogen-bond acceptors (Lipinski definition) is 0. The van der Waals surface area contributed by atoms with Crippen molar-refractivity contribution in [1.29, 1.82) is 0 Å². The van der Waals surface area contributed by atoms with Crippen molar-refractivity contribution >= 4 is 0 Å². The Morgan fingerprint density at radius 1 is 1.00 bits per heavy atom. The Morgan fingerprint density at radius 3 is 2.00 bits per heavy atom. The van der Waals surface area contributed by atoms with Gasteiger partial charge in [-0.2, -0.15) is 43.4 Å². The summed E-state index contributed by atoms with van der Waals surface area (Å²) in [5.74, 6) is 2.87. The predicted octanol–water partition coefficient (Wildman–Crippen LogP) is 3.80. The molecule has 0 saturated heterocycles. The maximum absolute atomic E-state index is 2.22. The fraction of sp³-hybridized carbons (Fsp3) is 0.385. The van der Waals surface area contributed by atoms with Gasteiger partial charge in [0, 0.05) is 53.8 Å². The summed E-state index contributed by atoms with van der Waals surface area (Å²) in [7, 11) is 0. The van der Waals surface area contributed by atoms with Crippen LogP contribution in [-0.4, -0.2) is 0 Å². The van der Waals surface area contributed by atoms with Gasteiger partial charge >= 0.3 is 0 Å². The molecule has 0 spiro atoms. The van der Waals surface area contributed by atoms with Gasteiger partial charge in [-0.25, -0.2) is 0 Å². The summed E-state index contributed by atoms with van der Waals surface area (Å²) in [6.45, 7) is 8.71. The van der Waals surface area contributed by atoms with Crippen LogP contribution < -0.4 is 0 Å². The van der Waals surface area contributed by atoms with Crippen LogP contribution in [0.15, 0.2) is 24.3 Å². The topological polar surface area (TPSA) is 0 Å².